The van der Waals surface area contributed by atoms with Crippen molar-refractivity contribution >= 4 is 33.6 Å². The Hall–Kier alpha value is -3.48. The van der Waals surface area contributed by atoms with E-state index in [0.717, 1.165) is 13.2 Å². The van der Waals surface area contributed by atoms with Gasteiger partial charge in [0, 0.05) is 36.3 Å². The molecule has 4 unspecified atom stereocenters. The summed E-state index contributed by atoms with van der Waals surface area (Å²) < 4.78 is 61.5. The van der Waals surface area contributed by atoms with Gasteiger partial charge >= 0.3 is 11.9 Å². The van der Waals surface area contributed by atoms with Crippen LogP contribution < -0.4 is 0 Å². The third-order valence-corrected chi connectivity index (χ3v) is 11.5. The van der Waals surface area contributed by atoms with E-state index in [4.69, 9.17) is 33.4 Å². The van der Waals surface area contributed by atoms with Crippen LogP contribution in [0.2, 0.25) is 0 Å². The van der Waals surface area contributed by atoms with E-state index < -0.39 is 111 Å². The van der Waals surface area contributed by atoms with Crippen LogP contribution in [0.1, 0.15) is 78.1 Å². The van der Waals surface area contributed by atoms with Gasteiger partial charge in [0.05, 0.1) is 35.7 Å². The Morgan fingerprint density at radius 1 is 1.04 bits per heavy atom. The predicted octanol–water partition coefficient (Wildman–Crippen LogP) is 3.86. The van der Waals surface area contributed by atoms with Gasteiger partial charge in [-0.15, -0.1) is 0 Å². The van der Waals surface area contributed by atoms with Crippen LogP contribution in [0, 0.1) is 23.7 Å². The van der Waals surface area contributed by atoms with Gasteiger partial charge in [0.2, 0.25) is 0 Å². The molecule has 56 heavy (non-hydrogen) atoms. The zero-order chi connectivity index (χ0) is 42.3. The van der Waals surface area contributed by atoms with Gasteiger partial charge in [0.1, 0.15) is 29.5 Å². The molecule has 2 aliphatic rings. The number of aliphatic hydroxyl groups is 1. The first-order valence-electron chi connectivity index (χ1n) is 18.7. The second kappa shape index (κ2) is 19.3. The number of likely N-dealkylation sites (N-methyl/N-ethyl adjacent to an activating group) is 1. The summed E-state index contributed by atoms with van der Waals surface area (Å²) in [6, 6.07) is 8.00. The molecule has 2 saturated heterocycles. The van der Waals surface area contributed by atoms with Gasteiger partial charge < -0.3 is 33.7 Å². The maximum Gasteiger partial charge on any atom is 0.338 e. The van der Waals surface area contributed by atoms with Gasteiger partial charge in [0.25, 0.3) is 10.1 Å². The minimum Gasteiger partial charge on any atom is -0.459 e. The monoisotopic (exact) mass is 810 g/mol. The highest BCUT2D eigenvalue weighted by molar-refractivity contribution is 7.86. The lowest BCUT2D eigenvalue weighted by Crippen LogP contribution is -2.61. The van der Waals surface area contributed by atoms with Crippen molar-refractivity contribution in [3.05, 3.63) is 46.3 Å². The van der Waals surface area contributed by atoms with Crippen LogP contribution in [0.5, 0.6) is 0 Å². The molecule has 314 valence electrons. The Kier molecular flexibility index (Phi) is 16.2. The molecule has 0 aliphatic carbocycles. The van der Waals surface area contributed by atoms with Crippen molar-refractivity contribution < 1.29 is 60.6 Å². The van der Waals surface area contributed by atoms with Gasteiger partial charge in [-0.05, 0) is 78.7 Å². The number of cyclic esters (lactones) is 1. The summed E-state index contributed by atoms with van der Waals surface area (Å²) in [5, 5.41) is 15.4. The summed E-state index contributed by atoms with van der Waals surface area (Å²) >= 11 is 0. The first-order chi connectivity index (χ1) is 26.0. The highest BCUT2D eigenvalue weighted by Gasteiger charge is 2.54. The van der Waals surface area contributed by atoms with Gasteiger partial charge in [-0.3, -0.25) is 18.6 Å². The number of hydrogen-bond donors (Lipinski definition) is 1. The number of hydrogen-bond acceptors (Lipinski definition) is 15. The van der Waals surface area contributed by atoms with Crippen LogP contribution in [0.15, 0.2) is 35.4 Å². The van der Waals surface area contributed by atoms with E-state index in [1.807, 2.05) is 25.9 Å². The molecule has 13 atom stereocenters. The molecule has 0 bridgehead atoms. The fourth-order valence-corrected chi connectivity index (χ4v) is 8.48. The number of ketones is 2. The van der Waals surface area contributed by atoms with E-state index in [2.05, 4.69) is 10.0 Å². The summed E-state index contributed by atoms with van der Waals surface area (Å²) in [7, 11) is 0.715. The lowest BCUT2D eigenvalue weighted by Gasteiger charge is -2.47. The fraction of sp³-hybridized carbons (Fsp3) is 0.737. The first kappa shape index (κ1) is 46.9. The maximum atomic E-state index is 14.4. The van der Waals surface area contributed by atoms with E-state index in [1.165, 1.54) is 21.0 Å². The lowest BCUT2D eigenvalue weighted by molar-refractivity contribution is -0.294. The molecule has 17 nitrogen and oxygen atoms in total. The highest BCUT2D eigenvalue weighted by atomic mass is 32.2. The predicted molar refractivity (Wildman–Crippen MR) is 202 cm³/mol. The van der Waals surface area contributed by atoms with E-state index >= 15 is 0 Å². The summed E-state index contributed by atoms with van der Waals surface area (Å²) in [6.07, 6.45) is -6.48. The van der Waals surface area contributed by atoms with Crippen molar-refractivity contribution in [2.75, 3.05) is 34.0 Å². The lowest BCUT2D eigenvalue weighted by atomic mass is 9.74. The molecule has 1 aromatic carbocycles. The molecular formula is C38H58N4O13S. The molecule has 0 radical (unpaired) electrons. The van der Waals surface area contributed by atoms with Crippen LogP contribution in [0.3, 0.4) is 0 Å². The summed E-state index contributed by atoms with van der Waals surface area (Å²) in [6.45, 7) is 10.2. The number of ether oxygens (including phenoxy) is 5. The van der Waals surface area contributed by atoms with Crippen molar-refractivity contribution in [3.8, 4) is 0 Å². The Morgan fingerprint density at radius 3 is 2.20 bits per heavy atom. The number of carbonyl (C=O) groups is 4. The maximum absolute atomic E-state index is 14.4. The summed E-state index contributed by atoms with van der Waals surface area (Å²) in [5.41, 5.74) is 5.39. The van der Waals surface area contributed by atoms with E-state index in [-0.39, 0.29) is 19.4 Å². The van der Waals surface area contributed by atoms with Crippen LogP contribution in [0.25, 0.3) is 10.4 Å². The van der Waals surface area contributed by atoms with Crippen LogP contribution in [-0.4, -0.2) is 130 Å². The standard InChI is InChI=1S/C38H58N4O13S/c1-21-20-37(6,50-10)32(54-36-31(27(42(8)9)19-22(2)51-36)53-35(46)26-15-13-12-14-16-26)24(4)30(44)25(5)34(45)52-28(17-18-40-41-39)38(7,47)33(23(3)29(21)43)55-56(11,48)49/h12-16,21-25,27-28,31-33,36,47H,17-20H2,1-11H3/t21-,22?,23+,24+,25-,27?,28-,31?,32-,33-,36?,37-,38-/m1/s1. The quantitative estimate of drug-likeness (QED) is 0.0836. The number of methoxy groups -OCH3 is 1. The number of benzene rings is 1. The van der Waals surface area contributed by atoms with E-state index in [9.17, 15) is 32.7 Å². The van der Waals surface area contributed by atoms with Gasteiger partial charge in [-0.25, -0.2) is 4.79 Å². The number of azide groups is 1. The van der Waals surface area contributed by atoms with E-state index in [0.29, 0.717) is 12.0 Å². The number of nitrogens with zero attached hydrogens (tertiary/aromatic N) is 4. The fourth-order valence-electron chi connectivity index (χ4n) is 7.74. The third kappa shape index (κ3) is 11.3. The molecule has 3 rings (SSSR count). The molecule has 18 heteroatoms. The number of rotatable bonds is 11. The van der Waals surface area contributed by atoms with Gasteiger partial charge in [-0.1, -0.05) is 44.1 Å². The highest BCUT2D eigenvalue weighted by Crippen LogP contribution is 2.39. The molecule has 0 amide bonds. The molecule has 0 saturated carbocycles. The number of Topliss-reactive ketones (excluding diaryl/α,β-unsaturated/α-hetero) is 2. The molecule has 2 aliphatic heterocycles. The SMILES string of the molecule is CO[C@]1(C)C[C@@H](C)C(=O)[C@H](C)[C@@H](OS(C)(=O)=O)[C@](C)(O)[C@@H](CCN=[N+]=[N-])OC(=O)[C@H](C)C(=O)[C@H](C)[C@H]1OC1OC(C)CC(N(C)C)C1OC(=O)c1ccccc1. The Morgan fingerprint density at radius 2 is 1.64 bits per heavy atom. The molecule has 2 heterocycles. The topological polar surface area (TPSA) is 230 Å². The van der Waals surface area contributed by atoms with Crippen molar-refractivity contribution in [2.24, 2.45) is 28.8 Å². The number of carbonyl (C=O) groups excluding carboxylic acids is 4. The Balaban J connectivity index is 2.20. The van der Waals surface area contributed by atoms with Crippen molar-refractivity contribution in [3.63, 3.8) is 0 Å². The minimum absolute atomic E-state index is 0.101. The molecular weight excluding hydrogens is 752 g/mol. The third-order valence-electron chi connectivity index (χ3n) is 11.0. The molecule has 0 aromatic heterocycles. The van der Waals surface area contributed by atoms with Crippen LogP contribution >= 0.6 is 0 Å². The van der Waals surface area contributed by atoms with Gasteiger partial charge in [-0.2, -0.15) is 8.42 Å². The van der Waals surface area contributed by atoms with Crippen LogP contribution in [0.4, 0.5) is 0 Å². The van der Waals surface area contributed by atoms with Crippen LogP contribution in [-0.2, 0) is 52.4 Å². The zero-order valence-electron chi connectivity index (χ0n) is 34.1. The smallest absolute Gasteiger partial charge is 0.338 e. The normalized spacial score (nSPS) is 36.6. The molecule has 1 aromatic rings. The first-order valence-corrected chi connectivity index (χ1v) is 20.5. The summed E-state index contributed by atoms with van der Waals surface area (Å²) in [5.74, 6) is -7.78. The number of esters is 2. The minimum atomic E-state index is -4.32. The Labute approximate surface area is 329 Å². The largest absolute Gasteiger partial charge is 0.459 e. The van der Waals surface area contributed by atoms with Crippen molar-refractivity contribution in [1.82, 2.24) is 4.90 Å². The average Bonchev–Trinajstić information content (AvgIpc) is 3.14. The van der Waals surface area contributed by atoms with Crippen molar-refractivity contribution in [1.29, 1.82) is 0 Å². The second-order valence-corrected chi connectivity index (χ2v) is 17.3. The van der Waals surface area contributed by atoms with E-state index in [1.54, 1.807) is 51.1 Å². The average molecular weight is 811 g/mol. The van der Waals surface area contributed by atoms with Gasteiger partial charge in [0.15, 0.2) is 18.2 Å². The Bertz CT molecular complexity index is 1700. The second-order valence-electron chi connectivity index (χ2n) is 15.7. The zero-order valence-corrected chi connectivity index (χ0v) is 34.9. The molecule has 1 N–H and O–H groups in total. The molecule has 2 fully saturated rings. The summed E-state index contributed by atoms with van der Waals surface area (Å²) in [4.78, 5) is 60.5. The molecule has 0 spiro atoms. The van der Waals surface area contributed by atoms with Crippen molar-refractivity contribution in [2.45, 2.75) is 122 Å².